The van der Waals surface area contributed by atoms with Crippen molar-refractivity contribution in [1.82, 2.24) is 15.0 Å². The Kier molecular flexibility index (Phi) is 6.10. The van der Waals surface area contributed by atoms with E-state index in [-0.39, 0.29) is 6.01 Å². The van der Waals surface area contributed by atoms with Crippen molar-refractivity contribution in [2.75, 3.05) is 6.61 Å². The first kappa shape index (κ1) is 19.6. The van der Waals surface area contributed by atoms with Crippen LogP contribution in [-0.2, 0) is 0 Å². The van der Waals surface area contributed by atoms with Crippen LogP contribution in [0.1, 0.15) is 32.8 Å². The van der Waals surface area contributed by atoms with E-state index in [1.807, 2.05) is 19.9 Å². The Hall–Kier alpha value is -2.74. The van der Waals surface area contributed by atoms with Crippen molar-refractivity contribution in [2.45, 2.75) is 39.7 Å². The zero-order chi connectivity index (χ0) is 19.3. The summed E-state index contributed by atoms with van der Waals surface area (Å²) in [5.74, 6) is 1.01. The Morgan fingerprint density at radius 3 is 2.69 bits per heavy atom. The van der Waals surface area contributed by atoms with Gasteiger partial charge in [0.25, 0.3) is 0 Å². The Labute approximate surface area is 153 Å². The first-order valence-electron chi connectivity index (χ1n) is 8.35. The van der Waals surface area contributed by atoms with E-state index in [0.29, 0.717) is 24.1 Å². The molecule has 0 fully saturated rings. The number of aromatic nitrogens is 3. The maximum Gasteiger partial charge on any atom is 0.412 e. The van der Waals surface area contributed by atoms with Gasteiger partial charge in [0.15, 0.2) is 0 Å². The lowest BCUT2D eigenvalue weighted by atomic mass is 9.93. The SMILES string of the molecule is Cc1cc(-c2ccnc(OC(N)=O)n2)cnc1OC[C@@](C)(N)CC(C)C. The second kappa shape index (κ2) is 8.09. The molecule has 0 aliphatic heterocycles. The van der Waals surface area contributed by atoms with Crippen LogP contribution in [0.3, 0.4) is 0 Å². The van der Waals surface area contributed by atoms with Crippen molar-refractivity contribution >= 4 is 6.09 Å². The lowest BCUT2D eigenvalue weighted by Gasteiger charge is -2.26. The smallest absolute Gasteiger partial charge is 0.412 e. The standard InChI is InChI=1S/C18H25N5O3/c1-11(2)8-18(4,20)10-25-15-12(3)7-13(9-22-15)14-5-6-21-17(23-14)26-16(19)24/h5-7,9,11H,8,10,20H2,1-4H3,(H2,19,24)/t18-/m0/s1. The zero-order valence-electron chi connectivity index (χ0n) is 15.5. The van der Waals surface area contributed by atoms with Gasteiger partial charge in [0.05, 0.1) is 5.69 Å². The third-order valence-electron chi connectivity index (χ3n) is 3.56. The van der Waals surface area contributed by atoms with Gasteiger partial charge in [0.1, 0.15) is 6.61 Å². The van der Waals surface area contributed by atoms with Crippen LogP contribution in [0.2, 0.25) is 0 Å². The number of pyridine rings is 1. The molecule has 8 heteroatoms. The van der Waals surface area contributed by atoms with Crippen molar-refractivity contribution in [3.63, 3.8) is 0 Å². The fourth-order valence-corrected chi connectivity index (χ4v) is 2.72. The van der Waals surface area contributed by atoms with Crippen LogP contribution in [-0.4, -0.2) is 33.2 Å². The van der Waals surface area contributed by atoms with Gasteiger partial charge < -0.3 is 20.9 Å². The van der Waals surface area contributed by atoms with Crippen LogP contribution in [0, 0.1) is 12.8 Å². The maximum atomic E-state index is 10.8. The molecule has 0 aliphatic carbocycles. The minimum absolute atomic E-state index is 0.111. The lowest BCUT2D eigenvalue weighted by Crippen LogP contribution is -2.43. The van der Waals surface area contributed by atoms with Crippen LogP contribution >= 0.6 is 0 Å². The van der Waals surface area contributed by atoms with E-state index in [9.17, 15) is 4.79 Å². The van der Waals surface area contributed by atoms with Gasteiger partial charge in [-0.2, -0.15) is 4.98 Å². The molecule has 0 aromatic carbocycles. The molecule has 0 saturated carbocycles. The highest BCUT2D eigenvalue weighted by Crippen LogP contribution is 2.24. The number of carbonyl (C=O) groups excluding carboxylic acids is 1. The summed E-state index contributed by atoms with van der Waals surface area (Å²) in [5.41, 5.74) is 13.0. The molecule has 26 heavy (non-hydrogen) atoms. The van der Waals surface area contributed by atoms with Gasteiger partial charge in [-0.15, -0.1) is 0 Å². The topological polar surface area (TPSA) is 126 Å². The van der Waals surface area contributed by atoms with Gasteiger partial charge in [0.2, 0.25) is 5.88 Å². The molecular formula is C18H25N5O3. The number of hydrogen-bond donors (Lipinski definition) is 2. The number of primary amides is 1. The first-order valence-corrected chi connectivity index (χ1v) is 8.35. The Morgan fingerprint density at radius 2 is 2.08 bits per heavy atom. The maximum absolute atomic E-state index is 10.8. The van der Waals surface area contributed by atoms with Crippen LogP contribution in [0.5, 0.6) is 11.9 Å². The van der Waals surface area contributed by atoms with Crippen LogP contribution < -0.4 is 20.9 Å². The largest absolute Gasteiger partial charge is 0.476 e. The molecule has 0 saturated heterocycles. The van der Waals surface area contributed by atoms with Crippen LogP contribution in [0.4, 0.5) is 4.79 Å². The highest BCUT2D eigenvalue weighted by atomic mass is 16.6. The van der Waals surface area contributed by atoms with Gasteiger partial charge >= 0.3 is 12.1 Å². The van der Waals surface area contributed by atoms with E-state index in [0.717, 1.165) is 17.5 Å². The number of amides is 1. The molecule has 2 aromatic heterocycles. The van der Waals surface area contributed by atoms with Crippen molar-refractivity contribution in [2.24, 2.45) is 17.4 Å². The number of aryl methyl sites for hydroxylation is 1. The predicted octanol–water partition coefficient (Wildman–Crippen LogP) is 2.45. The highest BCUT2D eigenvalue weighted by molar-refractivity contribution is 5.67. The predicted molar refractivity (Wildman–Crippen MR) is 97.8 cm³/mol. The second-order valence-corrected chi connectivity index (χ2v) is 7.03. The van der Waals surface area contributed by atoms with Gasteiger partial charge in [-0.25, -0.2) is 14.8 Å². The Balaban J connectivity index is 2.13. The number of rotatable bonds is 7. The number of carbonyl (C=O) groups is 1. The summed E-state index contributed by atoms with van der Waals surface area (Å²) in [6.07, 6.45) is 3.00. The van der Waals surface area contributed by atoms with Crippen LogP contribution in [0.15, 0.2) is 24.5 Å². The third-order valence-corrected chi connectivity index (χ3v) is 3.56. The third kappa shape index (κ3) is 5.66. The number of ether oxygens (including phenoxy) is 2. The molecule has 2 aromatic rings. The molecule has 0 unspecified atom stereocenters. The van der Waals surface area contributed by atoms with Gasteiger partial charge in [0, 0.05) is 29.1 Å². The van der Waals surface area contributed by atoms with Crippen molar-refractivity contribution in [3.8, 4) is 23.1 Å². The molecular weight excluding hydrogens is 334 g/mol. The average molecular weight is 359 g/mol. The Bertz CT molecular complexity index is 777. The van der Waals surface area contributed by atoms with Gasteiger partial charge in [-0.1, -0.05) is 13.8 Å². The van der Waals surface area contributed by atoms with E-state index >= 15 is 0 Å². The van der Waals surface area contributed by atoms with E-state index < -0.39 is 11.6 Å². The van der Waals surface area contributed by atoms with Crippen LogP contribution in [0.25, 0.3) is 11.3 Å². The molecule has 0 bridgehead atoms. The summed E-state index contributed by atoms with van der Waals surface area (Å²) in [5, 5.41) is 0. The second-order valence-electron chi connectivity index (χ2n) is 7.03. The molecule has 0 aliphatic rings. The molecule has 0 radical (unpaired) electrons. The molecule has 4 N–H and O–H groups in total. The van der Waals surface area contributed by atoms with Crippen molar-refractivity contribution in [1.29, 1.82) is 0 Å². The summed E-state index contributed by atoms with van der Waals surface area (Å²) in [7, 11) is 0. The summed E-state index contributed by atoms with van der Waals surface area (Å²) >= 11 is 0. The number of nitrogens with zero attached hydrogens (tertiary/aromatic N) is 3. The zero-order valence-corrected chi connectivity index (χ0v) is 15.5. The average Bonchev–Trinajstić information content (AvgIpc) is 2.52. The normalized spacial score (nSPS) is 13.3. The summed E-state index contributed by atoms with van der Waals surface area (Å²) in [4.78, 5) is 23.1. The molecule has 1 amide bonds. The van der Waals surface area contributed by atoms with E-state index in [2.05, 4.69) is 28.8 Å². The molecule has 140 valence electrons. The molecule has 8 nitrogen and oxygen atoms in total. The van der Waals surface area contributed by atoms with E-state index in [4.69, 9.17) is 20.9 Å². The van der Waals surface area contributed by atoms with E-state index in [1.54, 1.807) is 12.3 Å². The molecule has 1 atom stereocenters. The highest BCUT2D eigenvalue weighted by Gasteiger charge is 2.21. The quantitative estimate of drug-likeness (QED) is 0.777. The van der Waals surface area contributed by atoms with Gasteiger partial charge in [-0.05, 0) is 38.3 Å². The summed E-state index contributed by atoms with van der Waals surface area (Å²) in [6.45, 7) is 8.49. The molecule has 2 rings (SSSR count). The van der Waals surface area contributed by atoms with Gasteiger partial charge in [-0.3, -0.25) is 0 Å². The number of hydrogen-bond acceptors (Lipinski definition) is 7. The molecule has 0 spiro atoms. The minimum Gasteiger partial charge on any atom is -0.476 e. The van der Waals surface area contributed by atoms with Crippen molar-refractivity contribution in [3.05, 3.63) is 30.1 Å². The van der Waals surface area contributed by atoms with Crippen molar-refractivity contribution < 1.29 is 14.3 Å². The summed E-state index contributed by atoms with van der Waals surface area (Å²) in [6, 6.07) is 3.46. The fraction of sp³-hybridized carbons (Fsp3) is 0.444. The monoisotopic (exact) mass is 359 g/mol. The Morgan fingerprint density at radius 1 is 1.35 bits per heavy atom. The summed E-state index contributed by atoms with van der Waals surface area (Å²) < 4.78 is 10.5. The minimum atomic E-state index is -0.966. The lowest BCUT2D eigenvalue weighted by molar-refractivity contribution is 0.199. The number of nitrogens with two attached hydrogens (primary N) is 2. The fourth-order valence-electron chi connectivity index (χ4n) is 2.72. The molecule has 2 heterocycles. The van der Waals surface area contributed by atoms with E-state index in [1.165, 1.54) is 6.20 Å². The first-order chi connectivity index (χ1) is 12.2.